The van der Waals surface area contributed by atoms with Crippen molar-refractivity contribution < 1.29 is 22.8 Å². The van der Waals surface area contributed by atoms with Gasteiger partial charge in [-0.05, 0) is 42.8 Å². The number of carbonyl (C=O) groups is 2. The summed E-state index contributed by atoms with van der Waals surface area (Å²) in [7, 11) is 0. The van der Waals surface area contributed by atoms with E-state index < -0.39 is 34.8 Å². The van der Waals surface area contributed by atoms with Crippen LogP contribution in [0.2, 0.25) is 5.02 Å². The lowest BCUT2D eigenvalue weighted by Crippen LogP contribution is -2.55. The summed E-state index contributed by atoms with van der Waals surface area (Å²) in [6.07, 6.45) is -5.40. The summed E-state index contributed by atoms with van der Waals surface area (Å²) in [5.41, 5.74) is -1.94. The number of benzene rings is 2. The van der Waals surface area contributed by atoms with Crippen molar-refractivity contribution in [1.82, 2.24) is 4.90 Å². The van der Waals surface area contributed by atoms with Crippen LogP contribution in [-0.2, 0) is 22.2 Å². The molecule has 5 nitrogen and oxygen atoms in total. The number of hydrogen-bond donors (Lipinski definition) is 0. The molecule has 180 valence electrons. The second kappa shape index (κ2) is 8.62. The number of hydrogen-bond acceptors (Lipinski definition) is 3. The second-order valence-electron chi connectivity index (χ2n) is 9.76. The molecule has 9 heteroatoms. The smallest absolute Gasteiger partial charge is 0.307 e. The first-order valence-corrected chi connectivity index (χ1v) is 11.0. The molecule has 2 amide bonds. The van der Waals surface area contributed by atoms with Crippen molar-refractivity contribution in [2.45, 2.75) is 58.9 Å². The second-order valence-corrected chi connectivity index (χ2v) is 10.2. The van der Waals surface area contributed by atoms with E-state index >= 15 is 0 Å². The molecule has 0 saturated carbocycles. The van der Waals surface area contributed by atoms with Gasteiger partial charge >= 0.3 is 6.18 Å². The van der Waals surface area contributed by atoms with E-state index in [-0.39, 0.29) is 23.0 Å². The molecule has 0 N–H and O–H groups in total. The van der Waals surface area contributed by atoms with Crippen LogP contribution >= 0.6 is 11.6 Å². The van der Waals surface area contributed by atoms with Gasteiger partial charge in [-0.1, -0.05) is 44.5 Å². The molecule has 34 heavy (non-hydrogen) atoms. The first kappa shape index (κ1) is 25.6. The fraction of sp³-hybridized carbons (Fsp3) is 0.400. The highest BCUT2D eigenvalue weighted by molar-refractivity contribution is 6.31. The molecule has 1 aliphatic heterocycles. The summed E-state index contributed by atoms with van der Waals surface area (Å²) < 4.78 is 40.6. The molecule has 0 radical (unpaired) electrons. The molecular weight excluding hydrogens is 467 g/mol. The largest absolute Gasteiger partial charge is 0.416 e. The van der Waals surface area contributed by atoms with Crippen LogP contribution in [0.4, 0.5) is 18.9 Å². The molecule has 3 rings (SSSR count). The van der Waals surface area contributed by atoms with E-state index in [4.69, 9.17) is 16.9 Å². The number of nitriles is 1. The zero-order chi connectivity index (χ0) is 25.6. The Morgan fingerprint density at radius 3 is 2.21 bits per heavy atom. The summed E-state index contributed by atoms with van der Waals surface area (Å²) in [5, 5.41) is 8.89. The number of halogens is 4. The highest BCUT2D eigenvalue weighted by Gasteiger charge is 2.59. The summed E-state index contributed by atoms with van der Waals surface area (Å²) in [4.78, 5) is 29.6. The molecule has 1 heterocycles. The van der Waals surface area contributed by atoms with E-state index in [0.717, 1.165) is 12.1 Å². The Bertz CT molecular complexity index is 1170. The van der Waals surface area contributed by atoms with Crippen LogP contribution in [0.5, 0.6) is 0 Å². The topological polar surface area (TPSA) is 64.4 Å². The lowest BCUT2D eigenvalue weighted by atomic mass is 9.87. The maximum Gasteiger partial charge on any atom is 0.416 e. The third kappa shape index (κ3) is 4.62. The van der Waals surface area contributed by atoms with Gasteiger partial charge in [0.25, 0.3) is 5.91 Å². The average Bonchev–Trinajstić information content (AvgIpc) is 2.95. The number of amides is 2. The van der Waals surface area contributed by atoms with Gasteiger partial charge in [0.1, 0.15) is 11.7 Å². The predicted molar refractivity (Wildman–Crippen MR) is 123 cm³/mol. The summed E-state index contributed by atoms with van der Waals surface area (Å²) in [5.74, 6) is -0.896. The number of rotatable bonds is 3. The molecule has 2 aromatic carbocycles. The van der Waals surface area contributed by atoms with Crippen molar-refractivity contribution in [3.05, 3.63) is 64.2 Å². The van der Waals surface area contributed by atoms with Crippen LogP contribution in [0.1, 0.15) is 51.3 Å². The Hall–Kier alpha value is -3.05. The third-order valence-corrected chi connectivity index (χ3v) is 6.15. The van der Waals surface area contributed by atoms with Crippen LogP contribution in [0, 0.1) is 16.7 Å². The number of carbonyl (C=O) groups excluding carboxylic acids is 2. The zero-order valence-electron chi connectivity index (χ0n) is 19.5. The van der Waals surface area contributed by atoms with Gasteiger partial charge in [0, 0.05) is 29.5 Å². The Labute approximate surface area is 201 Å². The van der Waals surface area contributed by atoms with E-state index in [1.54, 1.807) is 31.2 Å². The predicted octanol–water partition coefficient (Wildman–Crippen LogP) is 5.80. The van der Waals surface area contributed by atoms with Gasteiger partial charge in [-0.25, -0.2) is 0 Å². The fourth-order valence-electron chi connectivity index (χ4n) is 4.54. The molecule has 2 aromatic rings. The standard InChI is InChI=1S/C25H25ClF3N3O2/c1-15(33)32-21(23(2,3)4)31(20-11-18(25(27,28)29)10-19(26)12-20)22(34)24(32,5)13-16-6-8-17(14-30)9-7-16/h6-12,21H,13H2,1-5H3/t21-,24-/m1/s1. The van der Waals surface area contributed by atoms with Crippen LogP contribution in [0.3, 0.4) is 0 Å². The molecule has 0 aliphatic carbocycles. The van der Waals surface area contributed by atoms with Gasteiger partial charge in [0.15, 0.2) is 0 Å². The quantitative estimate of drug-likeness (QED) is 0.545. The van der Waals surface area contributed by atoms with E-state index in [2.05, 4.69) is 0 Å². The summed E-state index contributed by atoms with van der Waals surface area (Å²) in [6.45, 7) is 8.40. The zero-order valence-corrected chi connectivity index (χ0v) is 20.3. The minimum absolute atomic E-state index is 0.0282. The molecule has 1 fully saturated rings. The Morgan fingerprint density at radius 1 is 1.15 bits per heavy atom. The van der Waals surface area contributed by atoms with Crippen molar-refractivity contribution in [2.24, 2.45) is 5.41 Å². The Balaban J connectivity index is 2.20. The first-order valence-electron chi connectivity index (χ1n) is 10.6. The lowest BCUT2D eigenvalue weighted by molar-refractivity contribution is -0.141. The van der Waals surface area contributed by atoms with Crippen LogP contribution in [0.25, 0.3) is 0 Å². The van der Waals surface area contributed by atoms with Crippen LogP contribution < -0.4 is 4.90 Å². The van der Waals surface area contributed by atoms with Crippen molar-refractivity contribution in [3.63, 3.8) is 0 Å². The van der Waals surface area contributed by atoms with Crippen molar-refractivity contribution in [3.8, 4) is 6.07 Å². The first-order chi connectivity index (χ1) is 15.6. The minimum Gasteiger partial charge on any atom is -0.307 e. The van der Waals surface area contributed by atoms with Crippen LogP contribution in [-0.4, -0.2) is 28.4 Å². The van der Waals surface area contributed by atoms with Gasteiger partial charge in [-0.2, -0.15) is 18.4 Å². The minimum atomic E-state index is -4.66. The molecular formula is C25H25ClF3N3O2. The monoisotopic (exact) mass is 491 g/mol. The lowest BCUT2D eigenvalue weighted by Gasteiger charge is -2.42. The SMILES string of the molecule is CC(=O)N1[C@H](C(C)(C)C)N(c2cc(Cl)cc(C(F)(F)F)c2)C(=O)[C@@]1(C)Cc1ccc(C#N)cc1. The van der Waals surface area contributed by atoms with Gasteiger partial charge in [-0.15, -0.1) is 0 Å². The Kier molecular flexibility index (Phi) is 6.49. The average molecular weight is 492 g/mol. The van der Waals surface area contributed by atoms with Crippen molar-refractivity contribution in [2.75, 3.05) is 4.90 Å². The molecule has 0 aromatic heterocycles. The highest BCUT2D eigenvalue weighted by atomic mass is 35.5. The fourth-order valence-corrected chi connectivity index (χ4v) is 4.77. The molecule has 0 unspecified atom stereocenters. The summed E-state index contributed by atoms with van der Waals surface area (Å²) in [6, 6.07) is 11.6. The Morgan fingerprint density at radius 2 is 1.74 bits per heavy atom. The molecule has 0 spiro atoms. The number of nitrogens with zero attached hydrogens (tertiary/aromatic N) is 3. The van der Waals surface area contributed by atoms with Gasteiger partial charge in [0.2, 0.25) is 5.91 Å². The van der Waals surface area contributed by atoms with Gasteiger partial charge in [0.05, 0.1) is 17.2 Å². The van der Waals surface area contributed by atoms with Gasteiger partial charge in [-0.3, -0.25) is 14.5 Å². The van der Waals surface area contributed by atoms with Crippen molar-refractivity contribution >= 4 is 29.1 Å². The maximum atomic E-state index is 14.0. The van der Waals surface area contributed by atoms with Gasteiger partial charge < -0.3 is 4.90 Å². The molecule has 1 aliphatic rings. The molecule has 0 bridgehead atoms. The number of alkyl halides is 3. The van der Waals surface area contributed by atoms with E-state index in [0.29, 0.717) is 11.1 Å². The summed E-state index contributed by atoms with van der Waals surface area (Å²) >= 11 is 6.03. The van der Waals surface area contributed by atoms with E-state index in [1.807, 2.05) is 26.8 Å². The molecule has 2 atom stereocenters. The molecule has 1 saturated heterocycles. The number of anilines is 1. The third-order valence-electron chi connectivity index (χ3n) is 5.93. The van der Waals surface area contributed by atoms with E-state index in [1.165, 1.54) is 22.8 Å². The van der Waals surface area contributed by atoms with E-state index in [9.17, 15) is 22.8 Å². The normalized spacial score (nSPS) is 21.1. The van der Waals surface area contributed by atoms with Crippen LogP contribution in [0.15, 0.2) is 42.5 Å². The van der Waals surface area contributed by atoms with Crippen molar-refractivity contribution in [1.29, 1.82) is 5.26 Å². The maximum absolute atomic E-state index is 14.0. The highest BCUT2D eigenvalue weighted by Crippen LogP contribution is 2.45.